The molecule has 7 nitrogen and oxygen atoms in total. The second kappa shape index (κ2) is 7.59. The Hall–Kier alpha value is -3.19. The first kappa shape index (κ1) is 17.2. The van der Waals surface area contributed by atoms with E-state index in [0.29, 0.717) is 55.0 Å². The number of Topliss-reactive ketones (excluding diaryl/α,β-unsaturated/α-hetero) is 1. The normalized spacial score (nSPS) is 12.8. The van der Waals surface area contributed by atoms with Crippen LogP contribution in [0.25, 0.3) is 11.4 Å². The quantitative estimate of drug-likeness (QED) is 0.670. The molecule has 0 unspecified atom stereocenters. The zero-order valence-electron chi connectivity index (χ0n) is 14.7. The monoisotopic (exact) mass is 365 g/mol. The third-order valence-electron chi connectivity index (χ3n) is 4.35. The van der Waals surface area contributed by atoms with Crippen molar-refractivity contribution in [1.82, 2.24) is 10.1 Å². The molecule has 0 saturated heterocycles. The van der Waals surface area contributed by atoms with Crippen LogP contribution in [0.1, 0.15) is 28.2 Å². The number of nitrogens with two attached hydrogens (primary N) is 1. The highest BCUT2D eigenvalue weighted by atomic mass is 16.6. The van der Waals surface area contributed by atoms with Gasteiger partial charge in [-0.1, -0.05) is 29.4 Å². The Morgan fingerprint density at radius 2 is 1.81 bits per heavy atom. The molecule has 0 atom stereocenters. The summed E-state index contributed by atoms with van der Waals surface area (Å²) in [5.74, 6) is 2.19. The van der Waals surface area contributed by atoms with Gasteiger partial charge in [-0.2, -0.15) is 4.98 Å². The summed E-state index contributed by atoms with van der Waals surface area (Å²) in [6.45, 7) is 1.50. The number of hydrogen-bond acceptors (Lipinski definition) is 7. The molecule has 7 heteroatoms. The van der Waals surface area contributed by atoms with Crippen LogP contribution in [-0.2, 0) is 13.0 Å². The van der Waals surface area contributed by atoms with Crippen molar-refractivity contribution in [3.8, 4) is 22.9 Å². The summed E-state index contributed by atoms with van der Waals surface area (Å²) >= 11 is 0. The largest absolute Gasteiger partial charge is 0.486 e. The van der Waals surface area contributed by atoms with Gasteiger partial charge >= 0.3 is 0 Å². The van der Waals surface area contributed by atoms with Crippen molar-refractivity contribution < 1.29 is 18.8 Å². The van der Waals surface area contributed by atoms with E-state index in [2.05, 4.69) is 10.1 Å². The molecule has 0 amide bonds. The number of aryl methyl sites for hydroxylation is 1. The molecular formula is C20H19N3O4. The molecule has 0 radical (unpaired) electrons. The maximum atomic E-state index is 12.5. The average molecular weight is 365 g/mol. The summed E-state index contributed by atoms with van der Waals surface area (Å²) < 4.78 is 16.3. The van der Waals surface area contributed by atoms with Crippen LogP contribution in [0.3, 0.4) is 0 Å². The van der Waals surface area contributed by atoms with E-state index in [4.69, 9.17) is 19.7 Å². The first-order valence-electron chi connectivity index (χ1n) is 8.78. The number of fused-ring (bicyclic) bond motifs is 1. The minimum absolute atomic E-state index is 0.0148. The highest BCUT2D eigenvalue weighted by Gasteiger charge is 2.16. The third kappa shape index (κ3) is 3.83. The van der Waals surface area contributed by atoms with E-state index in [9.17, 15) is 4.79 Å². The molecule has 4 rings (SSSR count). The van der Waals surface area contributed by atoms with Crippen molar-refractivity contribution in [1.29, 1.82) is 0 Å². The fourth-order valence-electron chi connectivity index (χ4n) is 2.85. The lowest BCUT2D eigenvalue weighted by Gasteiger charge is -2.18. The molecule has 138 valence electrons. The number of benzene rings is 2. The van der Waals surface area contributed by atoms with Gasteiger partial charge in [-0.25, -0.2) is 0 Å². The SMILES string of the molecule is NCc1ccc(-c2noc(CCC(=O)c3ccc4c(c3)OCCO4)n2)cc1. The van der Waals surface area contributed by atoms with Gasteiger partial charge in [0.25, 0.3) is 0 Å². The van der Waals surface area contributed by atoms with Gasteiger partial charge in [-0.3, -0.25) is 4.79 Å². The van der Waals surface area contributed by atoms with Crippen LogP contribution < -0.4 is 15.2 Å². The lowest BCUT2D eigenvalue weighted by molar-refractivity contribution is 0.0978. The predicted octanol–water partition coefficient (Wildman–Crippen LogP) is 2.78. The number of carbonyl (C=O) groups is 1. The number of ketones is 1. The molecule has 2 aromatic carbocycles. The minimum atomic E-state index is -0.0148. The lowest BCUT2D eigenvalue weighted by atomic mass is 10.1. The van der Waals surface area contributed by atoms with E-state index in [1.54, 1.807) is 18.2 Å². The van der Waals surface area contributed by atoms with Crippen LogP contribution in [-0.4, -0.2) is 29.1 Å². The Kier molecular flexibility index (Phi) is 4.84. The highest BCUT2D eigenvalue weighted by Crippen LogP contribution is 2.31. The fraction of sp³-hybridized carbons (Fsp3) is 0.250. The van der Waals surface area contributed by atoms with Crippen molar-refractivity contribution in [2.45, 2.75) is 19.4 Å². The topological polar surface area (TPSA) is 100 Å². The van der Waals surface area contributed by atoms with Crippen molar-refractivity contribution in [3.05, 3.63) is 59.5 Å². The van der Waals surface area contributed by atoms with E-state index in [1.807, 2.05) is 24.3 Å². The Morgan fingerprint density at radius 1 is 1.04 bits per heavy atom. The molecular weight excluding hydrogens is 346 g/mol. The van der Waals surface area contributed by atoms with E-state index in [0.717, 1.165) is 11.1 Å². The number of rotatable bonds is 6. The third-order valence-corrected chi connectivity index (χ3v) is 4.35. The molecule has 2 heterocycles. The maximum Gasteiger partial charge on any atom is 0.227 e. The number of nitrogens with zero attached hydrogens (tertiary/aromatic N) is 2. The standard InChI is InChI=1S/C20H19N3O4/c21-12-13-1-3-14(4-2-13)20-22-19(27-23-20)8-6-16(24)15-5-7-17-18(11-15)26-10-9-25-17/h1-5,7,11H,6,8-10,12,21H2. The Morgan fingerprint density at radius 3 is 2.59 bits per heavy atom. The molecule has 0 fully saturated rings. The summed E-state index contributed by atoms with van der Waals surface area (Å²) in [6.07, 6.45) is 0.647. The molecule has 27 heavy (non-hydrogen) atoms. The summed E-state index contributed by atoms with van der Waals surface area (Å²) in [7, 11) is 0. The number of carbonyl (C=O) groups excluding carboxylic acids is 1. The zero-order chi connectivity index (χ0) is 18.6. The summed E-state index contributed by atoms with van der Waals surface area (Å²) in [5, 5.41) is 3.99. The van der Waals surface area contributed by atoms with Crippen LogP contribution in [0, 0.1) is 0 Å². The van der Waals surface area contributed by atoms with Crippen LogP contribution >= 0.6 is 0 Å². The Labute approximate surface area is 156 Å². The number of aromatic nitrogens is 2. The van der Waals surface area contributed by atoms with Crippen molar-refractivity contribution in [2.75, 3.05) is 13.2 Å². The fourth-order valence-corrected chi connectivity index (χ4v) is 2.85. The summed E-state index contributed by atoms with van der Waals surface area (Å²) in [6, 6.07) is 12.9. The van der Waals surface area contributed by atoms with Crippen LogP contribution in [0.5, 0.6) is 11.5 Å². The van der Waals surface area contributed by atoms with Gasteiger partial charge in [0, 0.05) is 30.5 Å². The van der Waals surface area contributed by atoms with E-state index in [1.165, 1.54) is 0 Å². The van der Waals surface area contributed by atoms with Gasteiger partial charge in [0.1, 0.15) is 13.2 Å². The molecule has 1 aliphatic rings. The molecule has 2 N–H and O–H groups in total. The minimum Gasteiger partial charge on any atom is -0.486 e. The smallest absolute Gasteiger partial charge is 0.227 e. The average Bonchev–Trinajstić information content (AvgIpc) is 3.21. The predicted molar refractivity (Wildman–Crippen MR) is 97.7 cm³/mol. The molecule has 3 aromatic rings. The van der Waals surface area contributed by atoms with E-state index < -0.39 is 0 Å². The Bertz CT molecular complexity index is 950. The van der Waals surface area contributed by atoms with Gasteiger partial charge in [0.2, 0.25) is 11.7 Å². The van der Waals surface area contributed by atoms with Crippen LogP contribution in [0.2, 0.25) is 0 Å². The van der Waals surface area contributed by atoms with Gasteiger partial charge in [0.05, 0.1) is 0 Å². The van der Waals surface area contributed by atoms with Gasteiger partial charge < -0.3 is 19.7 Å². The summed E-state index contributed by atoms with van der Waals surface area (Å²) in [5.41, 5.74) is 8.06. The molecule has 1 aromatic heterocycles. The molecule has 0 aliphatic carbocycles. The van der Waals surface area contributed by atoms with E-state index >= 15 is 0 Å². The van der Waals surface area contributed by atoms with Gasteiger partial charge in [0.15, 0.2) is 17.3 Å². The van der Waals surface area contributed by atoms with E-state index in [-0.39, 0.29) is 12.2 Å². The first-order chi connectivity index (χ1) is 13.2. The van der Waals surface area contributed by atoms with Crippen molar-refractivity contribution >= 4 is 5.78 Å². The molecule has 0 saturated carbocycles. The van der Waals surface area contributed by atoms with Crippen molar-refractivity contribution in [2.24, 2.45) is 5.73 Å². The van der Waals surface area contributed by atoms with Crippen LogP contribution in [0.15, 0.2) is 47.0 Å². The second-order valence-corrected chi connectivity index (χ2v) is 6.19. The first-order valence-corrected chi connectivity index (χ1v) is 8.78. The molecule has 0 spiro atoms. The van der Waals surface area contributed by atoms with Crippen LogP contribution in [0.4, 0.5) is 0 Å². The lowest BCUT2D eigenvalue weighted by Crippen LogP contribution is -2.15. The number of hydrogen-bond donors (Lipinski definition) is 1. The van der Waals surface area contributed by atoms with Gasteiger partial charge in [-0.15, -0.1) is 0 Å². The van der Waals surface area contributed by atoms with Gasteiger partial charge in [-0.05, 0) is 23.8 Å². The summed E-state index contributed by atoms with van der Waals surface area (Å²) in [4.78, 5) is 16.8. The highest BCUT2D eigenvalue weighted by molar-refractivity contribution is 5.96. The maximum absolute atomic E-state index is 12.5. The molecule has 0 bridgehead atoms. The Balaban J connectivity index is 1.40. The zero-order valence-corrected chi connectivity index (χ0v) is 14.7. The molecule has 1 aliphatic heterocycles. The second-order valence-electron chi connectivity index (χ2n) is 6.19. The van der Waals surface area contributed by atoms with Crippen molar-refractivity contribution in [3.63, 3.8) is 0 Å². The number of ether oxygens (including phenoxy) is 2.